The number of hydrogen-bond donors (Lipinski definition) is 1. The number of benzene rings is 1. The molecule has 0 aliphatic heterocycles. The summed E-state index contributed by atoms with van der Waals surface area (Å²) < 4.78 is 5.32. The summed E-state index contributed by atoms with van der Waals surface area (Å²) in [5.74, 6) is 2.10. The number of hydrogen-bond acceptors (Lipinski definition) is 4. The lowest BCUT2D eigenvalue weighted by atomic mass is 9.70. The predicted molar refractivity (Wildman–Crippen MR) is 107 cm³/mol. The Balaban J connectivity index is 1.63. The van der Waals surface area contributed by atoms with E-state index in [0.29, 0.717) is 18.9 Å². The van der Waals surface area contributed by atoms with Crippen molar-refractivity contribution in [3.05, 3.63) is 35.9 Å². The Kier molecular flexibility index (Phi) is 6.03. The van der Waals surface area contributed by atoms with Crippen LogP contribution in [0, 0.1) is 22.7 Å². The average molecular weight is 377 g/mol. The van der Waals surface area contributed by atoms with Crippen LogP contribution in [0.25, 0.3) is 0 Å². The lowest BCUT2D eigenvalue weighted by Crippen LogP contribution is -2.41. The highest BCUT2D eigenvalue weighted by Crippen LogP contribution is 2.66. The van der Waals surface area contributed by atoms with Gasteiger partial charge < -0.3 is 9.84 Å². The van der Waals surface area contributed by atoms with E-state index < -0.39 is 0 Å². The van der Waals surface area contributed by atoms with Gasteiger partial charge >= 0.3 is 5.97 Å². The minimum absolute atomic E-state index is 0.00823. The monoisotopic (exact) mass is 376 g/mol. The van der Waals surface area contributed by atoms with Gasteiger partial charge in [0, 0.05) is 16.9 Å². The molecule has 0 spiro atoms. The third kappa shape index (κ3) is 3.55. The first kappa shape index (κ1) is 19.8. The molecule has 4 atom stereocenters. The molecule has 2 bridgehead atoms. The second kappa shape index (κ2) is 7.93. The Morgan fingerprint density at radius 3 is 2.65 bits per heavy atom. The Hall–Kier alpha value is -1.00. The zero-order valence-electron chi connectivity index (χ0n) is 16.2. The van der Waals surface area contributed by atoms with Gasteiger partial charge in [-0.2, -0.15) is 11.8 Å². The van der Waals surface area contributed by atoms with E-state index in [9.17, 15) is 9.90 Å². The number of fused-ring (bicyclic) bond motifs is 2. The Morgan fingerprint density at radius 1 is 1.35 bits per heavy atom. The first-order chi connectivity index (χ1) is 12.4. The molecule has 0 saturated heterocycles. The van der Waals surface area contributed by atoms with Crippen LogP contribution in [-0.2, 0) is 16.0 Å². The number of aliphatic hydroxyl groups is 1. The van der Waals surface area contributed by atoms with Crippen molar-refractivity contribution in [2.45, 2.75) is 52.6 Å². The Morgan fingerprint density at radius 2 is 2.08 bits per heavy atom. The van der Waals surface area contributed by atoms with Gasteiger partial charge in [0.15, 0.2) is 0 Å². The first-order valence-electron chi connectivity index (χ1n) is 9.87. The zero-order chi connectivity index (χ0) is 18.8. The van der Waals surface area contributed by atoms with Crippen molar-refractivity contribution < 1.29 is 14.6 Å². The van der Waals surface area contributed by atoms with Crippen LogP contribution in [-0.4, -0.2) is 35.3 Å². The second-order valence-electron chi connectivity index (χ2n) is 8.52. The molecule has 0 aromatic heterocycles. The molecule has 2 fully saturated rings. The van der Waals surface area contributed by atoms with E-state index in [1.165, 1.54) is 12.0 Å². The number of esters is 1. The number of rotatable bonds is 8. The van der Waals surface area contributed by atoms with Crippen LogP contribution >= 0.6 is 11.8 Å². The van der Waals surface area contributed by atoms with Crippen molar-refractivity contribution in [1.29, 1.82) is 0 Å². The van der Waals surface area contributed by atoms with Gasteiger partial charge in [-0.1, -0.05) is 44.2 Å². The molecular weight excluding hydrogens is 344 g/mol. The lowest BCUT2D eigenvalue weighted by molar-refractivity contribution is -0.147. The molecule has 1 N–H and O–H groups in total. The smallest absolute Gasteiger partial charge is 0.310 e. The number of aliphatic hydroxyl groups excluding tert-OH is 1. The first-order valence-corrected chi connectivity index (χ1v) is 11.0. The molecule has 2 aliphatic carbocycles. The topological polar surface area (TPSA) is 46.5 Å². The fourth-order valence-electron chi connectivity index (χ4n) is 5.13. The molecule has 26 heavy (non-hydrogen) atoms. The van der Waals surface area contributed by atoms with Crippen molar-refractivity contribution in [2.24, 2.45) is 22.7 Å². The molecule has 0 heterocycles. The number of carbonyl (C=O) groups excluding carboxylic acids is 1. The van der Waals surface area contributed by atoms with Crippen molar-refractivity contribution in [3.8, 4) is 0 Å². The minimum Gasteiger partial charge on any atom is -0.466 e. The van der Waals surface area contributed by atoms with Gasteiger partial charge in [-0.05, 0) is 49.5 Å². The Bertz CT molecular complexity index is 615. The van der Waals surface area contributed by atoms with Gasteiger partial charge in [0.2, 0.25) is 0 Å². The molecule has 3 rings (SSSR count). The van der Waals surface area contributed by atoms with Crippen LogP contribution in [0.1, 0.15) is 45.6 Å². The molecule has 0 radical (unpaired) electrons. The van der Waals surface area contributed by atoms with E-state index in [0.717, 1.165) is 24.3 Å². The summed E-state index contributed by atoms with van der Waals surface area (Å²) in [6.07, 6.45) is 3.81. The average Bonchev–Trinajstić information content (AvgIpc) is 2.97. The van der Waals surface area contributed by atoms with E-state index >= 15 is 0 Å². The van der Waals surface area contributed by atoms with Gasteiger partial charge in [-0.25, -0.2) is 0 Å². The fraction of sp³-hybridized carbons (Fsp3) is 0.682. The molecule has 2 saturated carbocycles. The predicted octanol–water partition coefficient (Wildman–Crippen LogP) is 4.33. The highest BCUT2D eigenvalue weighted by atomic mass is 32.2. The molecular formula is C22H32O3S. The highest BCUT2D eigenvalue weighted by molar-refractivity contribution is 7.99. The lowest BCUT2D eigenvalue weighted by Gasteiger charge is -2.40. The summed E-state index contributed by atoms with van der Waals surface area (Å²) in [6, 6.07) is 10.2. The minimum atomic E-state index is -0.195. The second-order valence-corrected chi connectivity index (χ2v) is 9.55. The molecule has 2 aliphatic rings. The zero-order valence-corrected chi connectivity index (χ0v) is 17.1. The van der Waals surface area contributed by atoms with Crippen LogP contribution in [0.4, 0.5) is 0 Å². The molecule has 1 aromatic carbocycles. The number of ether oxygens (including phenoxy) is 1. The van der Waals surface area contributed by atoms with E-state index in [1.54, 1.807) is 0 Å². The van der Waals surface area contributed by atoms with Crippen LogP contribution < -0.4 is 0 Å². The summed E-state index contributed by atoms with van der Waals surface area (Å²) in [4.78, 5) is 12.4. The number of carbonyl (C=O) groups is 1. The standard InChI is InChI=1S/C22H32O3S/c1-4-25-20(24)17(12-16-8-6-5-7-9-16)14-26-15-22-11-10-18(13-19(22)23)21(22,2)3/h5-9,17-19,23H,4,10-15H2,1-3H3/t17-,18?,19?,22?/m0/s1. The summed E-state index contributed by atoms with van der Waals surface area (Å²) in [5.41, 5.74) is 1.37. The number of thioether (sulfide) groups is 1. The maximum atomic E-state index is 12.4. The van der Waals surface area contributed by atoms with E-state index in [2.05, 4.69) is 26.0 Å². The van der Waals surface area contributed by atoms with Gasteiger partial charge in [-0.15, -0.1) is 0 Å². The largest absolute Gasteiger partial charge is 0.466 e. The third-order valence-corrected chi connectivity index (χ3v) is 8.37. The summed E-state index contributed by atoms with van der Waals surface area (Å²) in [6.45, 7) is 6.94. The van der Waals surface area contributed by atoms with Gasteiger partial charge in [0.25, 0.3) is 0 Å². The summed E-state index contributed by atoms with van der Waals surface area (Å²) in [7, 11) is 0. The molecule has 1 aromatic rings. The van der Waals surface area contributed by atoms with Gasteiger partial charge in [0.1, 0.15) is 0 Å². The van der Waals surface area contributed by atoms with Gasteiger partial charge in [0.05, 0.1) is 18.6 Å². The van der Waals surface area contributed by atoms with Crippen molar-refractivity contribution >= 4 is 17.7 Å². The normalized spacial score (nSPS) is 30.3. The molecule has 3 unspecified atom stereocenters. The van der Waals surface area contributed by atoms with Crippen molar-refractivity contribution in [2.75, 3.05) is 18.1 Å². The molecule has 3 nitrogen and oxygen atoms in total. The van der Waals surface area contributed by atoms with Crippen LogP contribution in [0.15, 0.2) is 30.3 Å². The quantitative estimate of drug-likeness (QED) is 0.686. The fourth-order valence-corrected chi connectivity index (χ4v) is 6.86. The van der Waals surface area contributed by atoms with Crippen LogP contribution in [0.3, 0.4) is 0 Å². The van der Waals surface area contributed by atoms with Crippen molar-refractivity contribution in [3.63, 3.8) is 0 Å². The molecule has 0 amide bonds. The SMILES string of the molecule is CCOC(=O)[C@H](CSCC12CCC(CC1O)C2(C)C)Cc1ccccc1. The molecule has 144 valence electrons. The highest BCUT2D eigenvalue weighted by Gasteiger charge is 2.63. The maximum Gasteiger partial charge on any atom is 0.310 e. The van der Waals surface area contributed by atoms with Crippen LogP contribution in [0.2, 0.25) is 0 Å². The third-order valence-electron chi connectivity index (χ3n) is 7.01. The van der Waals surface area contributed by atoms with E-state index in [-0.39, 0.29) is 28.8 Å². The van der Waals surface area contributed by atoms with E-state index in [1.807, 2.05) is 36.9 Å². The Labute approximate surface area is 161 Å². The summed E-state index contributed by atoms with van der Waals surface area (Å²) in [5, 5.41) is 10.7. The van der Waals surface area contributed by atoms with Crippen LogP contribution in [0.5, 0.6) is 0 Å². The summed E-state index contributed by atoms with van der Waals surface area (Å²) >= 11 is 1.83. The van der Waals surface area contributed by atoms with Gasteiger partial charge in [-0.3, -0.25) is 4.79 Å². The maximum absolute atomic E-state index is 12.4. The van der Waals surface area contributed by atoms with E-state index in [4.69, 9.17) is 4.74 Å². The van der Waals surface area contributed by atoms with Crippen molar-refractivity contribution in [1.82, 2.24) is 0 Å². The molecule has 4 heteroatoms.